The Hall–Kier alpha value is 0.590. The van der Waals surface area contributed by atoms with Gasteiger partial charge in [-0.1, -0.05) is 30.4 Å². The fraction of sp³-hybridized carbons (Fsp3) is 0.333. The fourth-order valence-corrected chi connectivity index (χ4v) is 8.25. The van der Waals surface area contributed by atoms with Crippen molar-refractivity contribution < 1.29 is 4.57 Å². The van der Waals surface area contributed by atoms with Crippen molar-refractivity contribution in [1.82, 2.24) is 4.08 Å². The van der Waals surface area contributed by atoms with E-state index in [1.165, 1.54) is 10.4 Å². The molecule has 0 spiro atoms. The Balaban J connectivity index is 3.06. The molecule has 1 unspecified atom stereocenters. The normalized spacial score (nSPS) is 15.6. The fourth-order valence-electron chi connectivity index (χ4n) is 1.17. The Morgan fingerprint density at radius 2 is 1.93 bits per heavy atom. The van der Waals surface area contributed by atoms with E-state index in [0.717, 1.165) is 5.30 Å². The van der Waals surface area contributed by atoms with Crippen LogP contribution < -0.4 is 5.30 Å². The second-order valence-corrected chi connectivity index (χ2v) is 8.68. The summed E-state index contributed by atoms with van der Waals surface area (Å²) in [5, 5.41) is 0.758. The number of rotatable bonds is 4. The van der Waals surface area contributed by atoms with Crippen molar-refractivity contribution in [3.05, 3.63) is 30.3 Å². The van der Waals surface area contributed by atoms with Gasteiger partial charge in [-0.3, -0.25) is 4.57 Å². The molecule has 0 aliphatic carbocycles. The summed E-state index contributed by atoms with van der Waals surface area (Å²) >= 11 is 7.59. The summed E-state index contributed by atoms with van der Waals surface area (Å²) in [4.78, 5) is 0. The topological polar surface area (TPSA) is 20.3 Å². The molecule has 0 aliphatic heterocycles. The summed E-state index contributed by atoms with van der Waals surface area (Å²) < 4.78 is 14.3. The summed E-state index contributed by atoms with van der Waals surface area (Å²) in [5.41, 5.74) is 0. The first kappa shape index (κ1) is 13.7. The quantitative estimate of drug-likeness (QED) is 0.511. The zero-order valence-corrected chi connectivity index (χ0v) is 12.7. The minimum Gasteiger partial charge on any atom is -0.289 e. The molecule has 1 aromatic rings. The molecule has 0 N–H and O–H groups in total. The van der Waals surface area contributed by atoms with Crippen molar-refractivity contribution in [3.63, 3.8) is 0 Å². The van der Waals surface area contributed by atoms with Gasteiger partial charge < -0.3 is 0 Å². The number of thiol groups is 1. The Morgan fingerprint density at radius 1 is 1.40 bits per heavy atom. The van der Waals surface area contributed by atoms with Crippen molar-refractivity contribution in [3.8, 4) is 0 Å². The Labute approximate surface area is 108 Å². The van der Waals surface area contributed by atoms with E-state index in [1.54, 1.807) is 4.08 Å². The third-order valence-electron chi connectivity index (χ3n) is 1.87. The number of nitrogens with zero attached hydrogens (tertiary/aromatic N) is 1. The summed E-state index contributed by atoms with van der Waals surface area (Å²) in [6.45, 7) is 1.21. The van der Waals surface area contributed by atoms with E-state index >= 15 is 0 Å². The van der Waals surface area contributed by atoms with Crippen molar-refractivity contribution in [2.45, 2.75) is 19.9 Å². The van der Waals surface area contributed by atoms with E-state index in [0.29, 0.717) is 0 Å². The smallest absolute Gasteiger partial charge is 0.239 e. The highest BCUT2D eigenvalue weighted by Crippen LogP contribution is 2.58. The lowest BCUT2D eigenvalue weighted by molar-refractivity contribution is 0.522. The minimum absolute atomic E-state index is 0.151. The standard InChI is InChI=1S/C9H13BrNOPS2/c1-8(2)11(15-10)13(12,14)9-6-4-3-5-7-9/h3-8H,1-2H3,(H,12,14). The Kier molecular flexibility index (Phi) is 5.26. The zero-order valence-electron chi connectivity index (χ0n) is 8.50. The average Bonchev–Trinajstić information content (AvgIpc) is 2.19. The van der Waals surface area contributed by atoms with Crippen LogP contribution in [0.4, 0.5) is 0 Å². The molecule has 2 nitrogen and oxygen atoms in total. The molecule has 0 amide bonds. The van der Waals surface area contributed by atoms with E-state index in [9.17, 15) is 4.57 Å². The second kappa shape index (κ2) is 5.78. The Morgan fingerprint density at radius 3 is 2.33 bits per heavy atom. The van der Waals surface area contributed by atoms with E-state index in [4.69, 9.17) is 0 Å². The molecule has 0 saturated heterocycles. The SMILES string of the molecule is CC(C)N(SBr)P(=O)(S)c1ccccc1. The van der Waals surface area contributed by atoms with Gasteiger partial charge in [0.25, 0.3) is 0 Å². The molecule has 0 aliphatic rings. The third-order valence-corrected chi connectivity index (χ3v) is 8.58. The van der Waals surface area contributed by atoms with E-state index < -0.39 is 6.49 Å². The zero-order chi connectivity index (χ0) is 11.5. The van der Waals surface area contributed by atoms with Crippen LogP contribution in [0.15, 0.2) is 30.3 Å². The third kappa shape index (κ3) is 3.27. The van der Waals surface area contributed by atoms with Gasteiger partial charge in [0.2, 0.25) is 6.49 Å². The molecule has 0 bridgehead atoms. The molecule has 1 rings (SSSR count). The van der Waals surface area contributed by atoms with Crippen LogP contribution >= 0.6 is 43.9 Å². The van der Waals surface area contributed by atoms with Crippen LogP contribution in [-0.2, 0) is 4.57 Å². The highest BCUT2D eigenvalue weighted by atomic mass is 79.9. The molecule has 0 aromatic heterocycles. The molecule has 1 atom stereocenters. The van der Waals surface area contributed by atoms with Crippen molar-refractivity contribution in [2.24, 2.45) is 0 Å². The first-order valence-electron chi connectivity index (χ1n) is 4.47. The van der Waals surface area contributed by atoms with Crippen molar-refractivity contribution in [2.75, 3.05) is 0 Å². The largest absolute Gasteiger partial charge is 0.289 e. The lowest BCUT2D eigenvalue weighted by Crippen LogP contribution is -2.22. The van der Waals surface area contributed by atoms with Crippen LogP contribution in [-0.4, -0.2) is 10.1 Å². The molecule has 0 fully saturated rings. The van der Waals surface area contributed by atoms with Gasteiger partial charge in [0.15, 0.2) is 0 Å². The van der Waals surface area contributed by atoms with Crippen LogP contribution in [0.25, 0.3) is 0 Å². The molecular formula is C9H13BrNOPS2. The summed E-state index contributed by atoms with van der Waals surface area (Å²) in [5.74, 6) is 0. The van der Waals surface area contributed by atoms with Crippen LogP contribution in [0.3, 0.4) is 0 Å². The maximum Gasteiger partial charge on any atom is 0.239 e. The Bertz CT molecular complexity index is 360. The molecule has 0 saturated carbocycles. The van der Waals surface area contributed by atoms with Gasteiger partial charge in [-0.05, 0) is 26.0 Å². The first-order chi connectivity index (χ1) is 7.00. The van der Waals surface area contributed by atoms with E-state index in [2.05, 4.69) is 27.1 Å². The van der Waals surface area contributed by atoms with Gasteiger partial charge in [-0.15, -0.1) is 0 Å². The highest BCUT2D eigenvalue weighted by molar-refractivity contribution is 9.50. The molecule has 1 aromatic carbocycles. The first-order valence-corrected chi connectivity index (χ1v) is 9.90. The highest BCUT2D eigenvalue weighted by Gasteiger charge is 2.30. The predicted molar refractivity (Wildman–Crippen MR) is 76.2 cm³/mol. The number of benzene rings is 1. The summed E-state index contributed by atoms with van der Waals surface area (Å²) in [6.07, 6.45) is 0. The van der Waals surface area contributed by atoms with Gasteiger partial charge in [0, 0.05) is 36.5 Å². The van der Waals surface area contributed by atoms with Crippen LogP contribution in [0.2, 0.25) is 0 Å². The summed E-state index contributed by atoms with van der Waals surface area (Å²) in [7, 11) is 1.29. The molecule has 0 radical (unpaired) electrons. The van der Waals surface area contributed by atoms with Gasteiger partial charge >= 0.3 is 0 Å². The lowest BCUT2D eigenvalue weighted by atomic mass is 10.4. The van der Waals surface area contributed by atoms with Gasteiger partial charge in [-0.25, -0.2) is 0 Å². The molecule has 15 heavy (non-hydrogen) atoms. The van der Waals surface area contributed by atoms with Gasteiger partial charge in [-0.2, -0.15) is 4.08 Å². The predicted octanol–water partition coefficient (Wildman–Crippen LogP) is 4.10. The number of hydrogen-bond acceptors (Lipinski definition) is 2. The van der Waals surface area contributed by atoms with Crippen LogP contribution in [0.1, 0.15) is 13.8 Å². The number of hydrogen-bond donors (Lipinski definition) is 1. The second-order valence-electron chi connectivity index (χ2n) is 3.34. The molecule has 0 heterocycles. The summed E-state index contributed by atoms with van der Waals surface area (Å²) in [6, 6.07) is 9.47. The van der Waals surface area contributed by atoms with Gasteiger partial charge in [0.05, 0.1) is 0 Å². The monoisotopic (exact) mass is 325 g/mol. The number of halogens is 1. The van der Waals surface area contributed by atoms with Gasteiger partial charge in [0.1, 0.15) is 0 Å². The maximum absolute atomic E-state index is 12.5. The van der Waals surface area contributed by atoms with Crippen molar-refractivity contribution >= 4 is 49.2 Å². The maximum atomic E-state index is 12.5. The van der Waals surface area contributed by atoms with Crippen molar-refractivity contribution in [1.29, 1.82) is 0 Å². The lowest BCUT2D eigenvalue weighted by Gasteiger charge is -2.28. The average molecular weight is 326 g/mol. The molecule has 84 valence electrons. The van der Waals surface area contributed by atoms with Crippen LogP contribution in [0.5, 0.6) is 0 Å². The molecular weight excluding hydrogens is 313 g/mol. The molecule has 6 heteroatoms. The van der Waals surface area contributed by atoms with Crippen LogP contribution in [0, 0.1) is 0 Å². The van der Waals surface area contributed by atoms with E-state index in [-0.39, 0.29) is 6.04 Å². The van der Waals surface area contributed by atoms with E-state index in [1.807, 2.05) is 44.2 Å². The minimum atomic E-state index is -2.77.